The summed E-state index contributed by atoms with van der Waals surface area (Å²) < 4.78 is 74.1. The lowest BCUT2D eigenvalue weighted by atomic mass is 10.0. The van der Waals surface area contributed by atoms with Crippen LogP contribution in [0.15, 0.2) is 12.1 Å². The van der Waals surface area contributed by atoms with Crippen molar-refractivity contribution in [3.63, 3.8) is 0 Å². The molecule has 17 heavy (non-hydrogen) atoms. The highest BCUT2D eigenvalue weighted by atomic mass is 19.4. The lowest BCUT2D eigenvalue weighted by Gasteiger charge is -2.14. The Labute approximate surface area is 92.7 Å². The zero-order chi connectivity index (χ0) is 13.2. The number of halogens is 6. The van der Waals surface area contributed by atoms with E-state index in [2.05, 4.69) is 0 Å². The van der Waals surface area contributed by atoms with Crippen molar-refractivity contribution >= 4 is 0 Å². The molecule has 0 fully saturated rings. The molecule has 1 rings (SSSR count). The van der Waals surface area contributed by atoms with Gasteiger partial charge < -0.3 is 5.11 Å². The van der Waals surface area contributed by atoms with E-state index in [0.29, 0.717) is 12.1 Å². The normalized spacial score (nSPS) is 13.8. The van der Waals surface area contributed by atoms with Gasteiger partial charge in [-0.05, 0) is 6.42 Å². The fourth-order valence-corrected chi connectivity index (χ4v) is 1.32. The third-order valence-corrected chi connectivity index (χ3v) is 2.08. The maximum atomic E-state index is 13.1. The van der Waals surface area contributed by atoms with Crippen molar-refractivity contribution in [1.29, 1.82) is 0 Å². The molecule has 0 radical (unpaired) electrons. The molecule has 96 valence electrons. The Balaban J connectivity index is 2.86. The van der Waals surface area contributed by atoms with Crippen LogP contribution in [-0.2, 0) is 0 Å². The molecule has 0 aromatic heterocycles. The topological polar surface area (TPSA) is 20.2 Å². The van der Waals surface area contributed by atoms with Gasteiger partial charge >= 0.3 is 6.18 Å². The van der Waals surface area contributed by atoms with Crippen LogP contribution in [0.5, 0.6) is 0 Å². The summed E-state index contributed by atoms with van der Waals surface area (Å²) in [5.74, 6) is -4.01. The molecule has 0 aliphatic heterocycles. The predicted octanol–water partition coefficient (Wildman–Crippen LogP) is 3.48. The molecule has 1 unspecified atom stereocenters. The van der Waals surface area contributed by atoms with Gasteiger partial charge in [-0.2, -0.15) is 13.2 Å². The van der Waals surface area contributed by atoms with Crippen LogP contribution in [0, 0.1) is 17.5 Å². The summed E-state index contributed by atoms with van der Waals surface area (Å²) in [6.45, 7) is 0. The average molecular weight is 258 g/mol. The molecule has 0 saturated carbocycles. The Morgan fingerprint density at radius 1 is 1.06 bits per heavy atom. The van der Waals surface area contributed by atoms with Crippen LogP contribution in [0.2, 0.25) is 0 Å². The Morgan fingerprint density at radius 3 is 1.94 bits per heavy atom. The molecule has 1 nitrogen and oxygen atoms in total. The molecule has 1 aromatic carbocycles. The van der Waals surface area contributed by atoms with Gasteiger partial charge in [-0.15, -0.1) is 0 Å². The molecule has 7 heteroatoms. The van der Waals surface area contributed by atoms with Crippen LogP contribution in [0.1, 0.15) is 24.5 Å². The fraction of sp³-hybridized carbons (Fsp3) is 0.400. The summed E-state index contributed by atoms with van der Waals surface area (Å²) in [7, 11) is 0. The molecule has 1 N–H and O–H groups in total. The lowest BCUT2D eigenvalue weighted by Crippen LogP contribution is -2.12. The molecule has 0 aliphatic carbocycles. The zero-order valence-corrected chi connectivity index (χ0v) is 8.36. The third-order valence-electron chi connectivity index (χ3n) is 2.08. The molecule has 1 aromatic rings. The first kappa shape index (κ1) is 13.8. The molecule has 0 aliphatic rings. The van der Waals surface area contributed by atoms with Gasteiger partial charge in [0.2, 0.25) is 0 Å². The van der Waals surface area contributed by atoms with E-state index in [1.165, 1.54) is 0 Å². The Morgan fingerprint density at radius 2 is 1.53 bits per heavy atom. The van der Waals surface area contributed by atoms with Gasteiger partial charge in [0.05, 0.1) is 11.7 Å². The Hall–Kier alpha value is -1.24. The van der Waals surface area contributed by atoms with E-state index in [0.717, 1.165) is 0 Å². The zero-order valence-electron chi connectivity index (χ0n) is 8.36. The smallest absolute Gasteiger partial charge is 0.388 e. The SMILES string of the molecule is OC(CCC(F)(F)F)c1c(F)cc(F)cc1F. The van der Waals surface area contributed by atoms with Crippen molar-refractivity contribution in [3.05, 3.63) is 35.1 Å². The second kappa shape index (κ2) is 4.95. The Bertz CT molecular complexity index is 377. The van der Waals surface area contributed by atoms with Crippen LogP contribution in [0.3, 0.4) is 0 Å². The summed E-state index contributed by atoms with van der Waals surface area (Å²) in [4.78, 5) is 0. The van der Waals surface area contributed by atoms with Gasteiger partial charge in [-0.25, -0.2) is 13.2 Å². The highest BCUT2D eigenvalue weighted by Gasteiger charge is 2.30. The second-order valence-corrected chi connectivity index (χ2v) is 3.45. The van der Waals surface area contributed by atoms with Gasteiger partial charge in [0.25, 0.3) is 0 Å². The molecule has 0 bridgehead atoms. The van der Waals surface area contributed by atoms with Gasteiger partial charge in [-0.1, -0.05) is 0 Å². The molecular weight excluding hydrogens is 250 g/mol. The number of aliphatic hydroxyl groups excluding tert-OH is 1. The molecule has 1 atom stereocenters. The predicted molar refractivity (Wildman–Crippen MR) is 46.6 cm³/mol. The minimum Gasteiger partial charge on any atom is -0.388 e. The number of hydrogen-bond acceptors (Lipinski definition) is 1. The van der Waals surface area contributed by atoms with Crippen LogP contribution in [-0.4, -0.2) is 11.3 Å². The van der Waals surface area contributed by atoms with Crippen LogP contribution in [0.4, 0.5) is 26.3 Å². The first-order valence-corrected chi connectivity index (χ1v) is 4.60. The van der Waals surface area contributed by atoms with Gasteiger partial charge in [0.15, 0.2) is 0 Å². The van der Waals surface area contributed by atoms with E-state index in [1.807, 2.05) is 0 Å². The largest absolute Gasteiger partial charge is 0.389 e. The van der Waals surface area contributed by atoms with Gasteiger partial charge in [-0.3, -0.25) is 0 Å². The summed E-state index contributed by atoms with van der Waals surface area (Å²) >= 11 is 0. The highest BCUT2D eigenvalue weighted by Crippen LogP contribution is 2.30. The number of hydrogen-bond donors (Lipinski definition) is 1. The van der Waals surface area contributed by atoms with E-state index in [4.69, 9.17) is 0 Å². The number of rotatable bonds is 3. The van der Waals surface area contributed by atoms with Crippen molar-refractivity contribution < 1.29 is 31.4 Å². The van der Waals surface area contributed by atoms with Crippen LogP contribution >= 0.6 is 0 Å². The molecular formula is C10H8F6O. The first-order valence-electron chi connectivity index (χ1n) is 4.60. The molecule has 0 heterocycles. The number of benzene rings is 1. The van der Waals surface area contributed by atoms with E-state index in [-0.39, 0.29) is 0 Å². The minimum atomic E-state index is -4.53. The molecule has 0 spiro atoms. The fourth-order valence-electron chi connectivity index (χ4n) is 1.32. The van der Waals surface area contributed by atoms with E-state index >= 15 is 0 Å². The van der Waals surface area contributed by atoms with Gasteiger partial charge in [0, 0.05) is 18.6 Å². The third kappa shape index (κ3) is 3.92. The summed E-state index contributed by atoms with van der Waals surface area (Å²) in [5.41, 5.74) is -0.948. The lowest BCUT2D eigenvalue weighted by molar-refractivity contribution is -0.140. The standard InChI is InChI=1S/C10H8F6O/c11-5-3-6(12)9(7(13)4-5)8(17)1-2-10(14,15)16/h3-4,8,17H,1-2H2. The highest BCUT2D eigenvalue weighted by molar-refractivity contribution is 5.23. The molecule has 0 amide bonds. The minimum absolute atomic E-state index is 0.301. The van der Waals surface area contributed by atoms with Crippen molar-refractivity contribution in [2.45, 2.75) is 25.1 Å². The van der Waals surface area contributed by atoms with Crippen molar-refractivity contribution in [2.75, 3.05) is 0 Å². The Kier molecular flexibility index (Phi) is 4.03. The van der Waals surface area contributed by atoms with Crippen LogP contribution < -0.4 is 0 Å². The monoisotopic (exact) mass is 258 g/mol. The number of alkyl halides is 3. The average Bonchev–Trinajstić information content (AvgIpc) is 2.11. The second-order valence-electron chi connectivity index (χ2n) is 3.45. The maximum absolute atomic E-state index is 13.1. The van der Waals surface area contributed by atoms with E-state index in [1.54, 1.807) is 0 Å². The van der Waals surface area contributed by atoms with E-state index < -0.39 is 48.1 Å². The summed E-state index contributed by atoms with van der Waals surface area (Å²) in [6.07, 6.45) is -8.77. The quantitative estimate of drug-likeness (QED) is 0.823. The first-order chi connectivity index (χ1) is 7.70. The van der Waals surface area contributed by atoms with E-state index in [9.17, 15) is 31.4 Å². The van der Waals surface area contributed by atoms with Crippen molar-refractivity contribution in [2.24, 2.45) is 0 Å². The summed E-state index contributed by atoms with van der Waals surface area (Å²) in [5, 5.41) is 9.23. The van der Waals surface area contributed by atoms with Crippen LogP contribution in [0.25, 0.3) is 0 Å². The maximum Gasteiger partial charge on any atom is 0.389 e. The summed E-state index contributed by atoms with van der Waals surface area (Å²) in [6, 6.07) is 0.602. The van der Waals surface area contributed by atoms with Crippen molar-refractivity contribution in [3.8, 4) is 0 Å². The molecule has 0 saturated heterocycles. The number of aliphatic hydroxyl groups is 1. The van der Waals surface area contributed by atoms with Gasteiger partial charge in [0.1, 0.15) is 17.5 Å². The van der Waals surface area contributed by atoms with Crippen molar-refractivity contribution in [1.82, 2.24) is 0 Å².